The van der Waals surface area contributed by atoms with Crippen molar-refractivity contribution in [1.82, 2.24) is 0 Å². The molecular formula is C31H33F6N3O3. The summed E-state index contributed by atoms with van der Waals surface area (Å²) in [6, 6.07) is 9.81. The van der Waals surface area contributed by atoms with Gasteiger partial charge < -0.3 is 21.5 Å². The van der Waals surface area contributed by atoms with Gasteiger partial charge in [-0.2, -0.15) is 26.3 Å². The third-order valence-corrected chi connectivity index (χ3v) is 6.93. The van der Waals surface area contributed by atoms with Crippen LogP contribution in [0.4, 0.5) is 43.4 Å². The molecule has 3 rings (SSSR count). The van der Waals surface area contributed by atoms with Gasteiger partial charge in [0.2, 0.25) is 11.3 Å². The molecule has 0 heterocycles. The van der Waals surface area contributed by atoms with Gasteiger partial charge in [-0.3, -0.25) is 9.59 Å². The maximum atomic E-state index is 14.9. The smallest absolute Gasteiger partial charge is 0.411 e. The lowest BCUT2D eigenvalue weighted by molar-refractivity contribution is -0.288. The fourth-order valence-electron chi connectivity index (χ4n) is 4.38. The van der Waals surface area contributed by atoms with Crippen molar-refractivity contribution in [3.8, 4) is 5.75 Å². The lowest BCUT2D eigenvalue weighted by Gasteiger charge is -2.39. The number of phenolic OH excluding ortho intramolecular Hbond substituents is 1. The number of anilines is 3. The van der Waals surface area contributed by atoms with Gasteiger partial charge in [-0.15, -0.1) is 0 Å². The molecular weight excluding hydrogens is 576 g/mol. The minimum Gasteiger partial charge on any atom is -0.506 e. The average molecular weight is 610 g/mol. The number of benzene rings is 3. The van der Waals surface area contributed by atoms with Crippen LogP contribution < -0.4 is 16.4 Å². The molecule has 12 heteroatoms. The molecule has 0 aliphatic heterocycles. The van der Waals surface area contributed by atoms with Crippen LogP contribution in [0, 0.1) is 5.41 Å². The van der Waals surface area contributed by atoms with Crippen LogP contribution in [0.5, 0.6) is 5.75 Å². The first-order valence-corrected chi connectivity index (χ1v) is 13.1. The lowest BCUT2D eigenvalue weighted by atomic mass is 9.72. The Balaban J connectivity index is 2.22. The number of alkyl halides is 6. The number of aromatic hydroxyl groups is 1. The third-order valence-electron chi connectivity index (χ3n) is 6.93. The third kappa shape index (κ3) is 6.57. The fourth-order valence-corrected chi connectivity index (χ4v) is 4.38. The number of nitrogen functional groups attached to an aromatic ring is 1. The highest BCUT2D eigenvalue weighted by atomic mass is 19.4. The molecule has 0 spiro atoms. The number of halogens is 6. The normalized spacial score (nSPS) is 13.0. The molecule has 6 nitrogen and oxygen atoms in total. The Morgan fingerprint density at radius 1 is 0.698 bits per heavy atom. The fraction of sp³-hybridized carbons (Fsp3) is 0.355. The maximum absolute atomic E-state index is 14.9. The molecule has 2 amide bonds. The first-order valence-electron chi connectivity index (χ1n) is 13.1. The number of hydrogen-bond donors (Lipinski definition) is 4. The van der Waals surface area contributed by atoms with E-state index in [9.17, 15) is 41.0 Å². The van der Waals surface area contributed by atoms with Crippen molar-refractivity contribution in [3.63, 3.8) is 0 Å². The summed E-state index contributed by atoms with van der Waals surface area (Å²) in [5.41, 5.74) is -3.38. The molecule has 0 saturated heterocycles. The van der Waals surface area contributed by atoms with E-state index in [1.54, 1.807) is 12.1 Å². The van der Waals surface area contributed by atoms with Crippen molar-refractivity contribution in [2.75, 3.05) is 16.4 Å². The molecule has 0 aliphatic rings. The highest BCUT2D eigenvalue weighted by molar-refractivity contribution is 6.05. The Morgan fingerprint density at radius 2 is 1.23 bits per heavy atom. The zero-order valence-electron chi connectivity index (χ0n) is 24.4. The summed E-state index contributed by atoms with van der Waals surface area (Å²) in [4.78, 5) is 25.5. The number of carbonyl (C=O) groups is 2. The van der Waals surface area contributed by atoms with Crippen molar-refractivity contribution in [2.24, 2.45) is 5.41 Å². The van der Waals surface area contributed by atoms with Gasteiger partial charge in [-0.1, -0.05) is 65.8 Å². The number of phenols is 1. The Kier molecular flexibility index (Phi) is 8.61. The quantitative estimate of drug-likeness (QED) is 0.134. The van der Waals surface area contributed by atoms with E-state index in [2.05, 4.69) is 10.6 Å². The zero-order valence-corrected chi connectivity index (χ0v) is 24.4. The van der Waals surface area contributed by atoms with Crippen LogP contribution in [0.3, 0.4) is 0 Å². The number of amides is 2. The largest absolute Gasteiger partial charge is 0.506 e. The number of rotatable bonds is 5. The number of hydrogen-bond acceptors (Lipinski definition) is 4. The molecule has 232 valence electrons. The van der Waals surface area contributed by atoms with Crippen molar-refractivity contribution < 1.29 is 41.0 Å². The number of nitrogens with two attached hydrogens (primary N) is 1. The molecule has 0 bridgehead atoms. The van der Waals surface area contributed by atoms with E-state index in [1.807, 2.05) is 20.8 Å². The summed E-state index contributed by atoms with van der Waals surface area (Å²) in [7, 11) is 0. The molecule has 0 unspecified atom stereocenters. The Labute approximate surface area is 245 Å². The number of nitrogens with one attached hydrogen (secondary N) is 2. The van der Waals surface area contributed by atoms with E-state index in [-0.39, 0.29) is 16.7 Å². The molecule has 0 aromatic heterocycles. The van der Waals surface area contributed by atoms with Gasteiger partial charge in [-0.05, 0) is 58.5 Å². The Bertz CT molecular complexity index is 1520. The van der Waals surface area contributed by atoms with E-state index in [0.717, 1.165) is 11.6 Å². The maximum Gasteiger partial charge on any atom is 0.411 e. The first-order chi connectivity index (χ1) is 19.5. The van der Waals surface area contributed by atoms with E-state index in [1.165, 1.54) is 32.9 Å². The second kappa shape index (κ2) is 11.1. The van der Waals surface area contributed by atoms with E-state index >= 15 is 0 Å². The van der Waals surface area contributed by atoms with Crippen molar-refractivity contribution in [2.45, 2.75) is 64.7 Å². The second-order valence-corrected chi connectivity index (χ2v) is 12.3. The summed E-state index contributed by atoms with van der Waals surface area (Å²) >= 11 is 0. The monoisotopic (exact) mass is 609 g/mol. The predicted molar refractivity (Wildman–Crippen MR) is 153 cm³/mol. The summed E-state index contributed by atoms with van der Waals surface area (Å²) in [5, 5.41) is 14.9. The van der Waals surface area contributed by atoms with Gasteiger partial charge in [0.25, 0.3) is 5.91 Å². The standard InChI is InChI=1S/C31H33F6N3O3/c1-27(2,3)18-9-7-8-17(14-18)25(42)39-23-16-20(11-13-24(23)41)29(30(32,33)34,31(35,36)37)19-10-12-21(38)22(15-19)40-26(43)28(4,5)6/h7-16,41H,38H2,1-6H3,(H,39,42)(H,40,43). The van der Waals surface area contributed by atoms with Crippen LogP contribution in [-0.4, -0.2) is 29.3 Å². The minimum atomic E-state index is -5.98. The molecule has 0 saturated carbocycles. The summed E-state index contributed by atoms with van der Waals surface area (Å²) in [5.74, 6) is -2.30. The Hall–Kier alpha value is -4.22. The van der Waals surface area contributed by atoms with Gasteiger partial charge in [0, 0.05) is 11.0 Å². The van der Waals surface area contributed by atoms with E-state index < -0.39 is 63.2 Å². The molecule has 0 fully saturated rings. The summed E-state index contributed by atoms with van der Waals surface area (Å²) in [6.07, 6.45) is -12.0. The van der Waals surface area contributed by atoms with Crippen molar-refractivity contribution in [1.29, 1.82) is 0 Å². The van der Waals surface area contributed by atoms with Gasteiger partial charge >= 0.3 is 12.4 Å². The minimum absolute atomic E-state index is 0.0768. The average Bonchev–Trinajstić information content (AvgIpc) is 2.85. The zero-order chi connectivity index (χ0) is 32.8. The van der Waals surface area contributed by atoms with Crippen LogP contribution in [0.2, 0.25) is 0 Å². The highest BCUT2D eigenvalue weighted by Crippen LogP contribution is 2.57. The molecule has 3 aromatic rings. The summed E-state index contributed by atoms with van der Waals surface area (Å²) in [6.45, 7) is 10.2. The van der Waals surface area contributed by atoms with E-state index in [0.29, 0.717) is 30.3 Å². The van der Waals surface area contributed by atoms with Crippen LogP contribution >= 0.6 is 0 Å². The molecule has 0 radical (unpaired) electrons. The summed E-state index contributed by atoms with van der Waals surface area (Å²) < 4.78 is 89.1. The molecule has 43 heavy (non-hydrogen) atoms. The molecule has 5 N–H and O–H groups in total. The van der Waals surface area contributed by atoms with Gasteiger partial charge in [-0.25, -0.2) is 0 Å². The number of carbonyl (C=O) groups excluding carboxylic acids is 2. The van der Waals surface area contributed by atoms with Crippen molar-refractivity contribution in [3.05, 3.63) is 82.9 Å². The second-order valence-electron chi connectivity index (χ2n) is 12.3. The first kappa shape index (κ1) is 33.3. The molecule has 0 aliphatic carbocycles. The van der Waals surface area contributed by atoms with Gasteiger partial charge in [0.05, 0.1) is 17.1 Å². The highest BCUT2D eigenvalue weighted by Gasteiger charge is 2.72. The molecule has 0 atom stereocenters. The predicted octanol–water partition coefficient (Wildman–Crippen LogP) is 7.92. The van der Waals surface area contributed by atoms with Crippen LogP contribution in [0.15, 0.2) is 60.7 Å². The Morgan fingerprint density at radius 3 is 1.74 bits per heavy atom. The van der Waals surface area contributed by atoms with Crippen LogP contribution in [-0.2, 0) is 15.6 Å². The van der Waals surface area contributed by atoms with E-state index in [4.69, 9.17) is 5.73 Å². The lowest BCUT2D eigenvalue weighted by Crippen LogP contribution is -2.54. The topological polar surface area (TPSA) is 104 Å². The SMILES string of the molecule is CC(C)(C)C(=O)Nc1cc(C(c2ccc(O)c(NC(=O)c3cccc(C(C)(C)C)c3)c2)(C(F)(F)F)C(F)(F)F)ccc1N. The molecule has 3 aromatic carbocycles. The van der Waals surface area contributed by atoms with Crippen molar-refractivity contribution >= 4 is 28.9 Å². The van der Waals surface area contributed by atoms with Gasteiger partial charge in [0.15, 0.2) is 0 Å². The van der Waals surface area contributed by atoms with Crippen LogP contribution in [0.25, 0.3) is 0 Å². The van der Waals surface area contributed by atoms with Crippen LogP contribution in [0.1, 0.15) is 68.6 Å². The van der Waals surface area contributed by atoms with Gasteiger partial charge in [0.1, 0.15) is 5.75 Å².